The molecule has 0 saturated heterocycles. The summed E-state index contributed by atoms with van der Waals surface area (Å²) in [6.45, 7) is 5.01. The Hall–Kier alpha value is -0.900. The van der Waals surface area contributed by atoms with E-state index in [0.717, 1.165) is 32.1 Å². The molecule has 1 saturated carbocycles. The van der Waals surface area contributed by atoms with E-state index in [9.17, 15) is 9.18 Å². The zero-order chi connectivity index (χ0) is 15.4. The molecule has 1 aromatic rings. The van der Waals surface area contributed by atoms with E-state index in [-0.39, 0.29) is 17.5 Å². The molecule has 0 unspecified atom stereocenters. The Bertz CT molecular complexity index is 498. The van der Waals surface area contributed by atoms with Crippen molar-refractivity contribution in [2.24, 2.45) is 5.92 Å². The molecule has 1 aliphatic carbocycles. The van der Waals surface area contributed by atoms with E-state index >= 15 is 0 Å². The van der Waals surface area contributed by atoms with Gasteiger partial charge < -0.3 is 4.90 Å². The molecule has 116 valence electrons. The third-order valence-corrected chi connectivity index (χ3v) is 4.77. The van der Waals surface area contributed by atoms with Crippen LogP contribution in [0.25, 0.3) is 0 Å². The second-order valence-corrected chi connectivity index (χ2v) is 7.08. The molecule has 4 heteroatoms. The number of carbonyl (C=O) groups excluding carboxylic acids is 1. The van der Waals surface area contributed by atoms with Crippen LogP contribution in [0.5, 0.6) is 0 Å². The Morgan fingerprint density at radius 3 is 2.67 bits per heavy atom. The highest BCUT2D eigenvalue weighted by atomic mass is 79.9. The average molecular weight is 356 g/mol. The van der Waals surface area contributed by atoms with Gasteiger partial charge >= 0.3 is 0 Å². The van der Waals surface area contributed by atoms with Crippen molar-refractivity contribution < 1.29 is 9.18 Å². The summed E-state index contributed by atoms with van der Waals surface area (Å²) in [6, 6.07) is 5.20. The number of carbonyl (C=O) groups is 1. The highest BCUT2D eigenvalue weighted by Crippen LogP contribution is 2.27. The first-order chi connectivity index (χ1) is 10.0. The van der Waals surface area contributed by atoms with Crippen molar-refractivity contribution in [3.63, 3.8) is 0 Å². The van der Waals surface area contributed by atoms with E-state index in [0.29, 0.717) is 16.9 Å². The van der Waals surface area contributed by atoms with Gasteiger partial charge in [-0.3, -0.25) is 4.79 Å². The molecule has 0 atom stereocenters. The smallest absolute Gasteiger partial charge is 0.257 e. The molecule has 1 aromatic carbocycles. The van der Waals surface area contributed by atoms with Gasteiger partial charge in [-0.25, -0.2) is 4.39 Å². The lowest BCUT2D eigenvalue weighted by Gasteiger charge is -2.30. The van der Waals surface area contributed by atoms with Gasteiger partial charge in [-0.05, 0) is 53.2 Å². The van der Waals surface area contributed by atoms with E-state index < -0.39 is 5.82 Å². The number of halogens is 2. The molecule has 0 spiro atoms. The number of nitrogens with zero attached hydrogens (tertiary/aromatic N) is 1. The van der Waals surface area contributed by atoms with Crippen LogP contribution in [0, 0.1) is 11.7 Å². The molecule has 1 amide bonds. The molecule has 1 fully saturated rings. The first-order valence-corrected chi connectivity index (χ1v) is 8.55. The summed E-state index contributed by atoms with van der Waals surface area (Å²) >= 11 is 3.16. The van der Waals surface area contributed by atoms with Crippen LogP contribution in [-0.2, 0) is 0 Å². The lowest BCUT2D eigenvalue weighted by Crippen LogP contribution is -2.40. The van der Waals surface area contributed by atoms with Crippen molar-refractivity contribution in [3.8, 4) is 0 Å². The molecule has 0 N–H and O–H groups in total. The van der Waals surface area contributed by atoms with Crippen LogP contribution in [0.1, 0.15) is 56.3 Å². The molecule has 21 heavy (non-hydrogen) atoms. The number of benzene rings is 1. The zero-order valence-electron chi connectivity index (χ0n) is 12.7. The Morgan fingerprint density at radius 1 is 1.38 bits per heavy atom. The van der Waals surface area contributed by atoms with Crippen LogP contribution in [0.15, 0.2) is 22.7 Å². The first kappa shape index (κ1) is 16.5. The van der Waals surface area contributed by atoms with E-state index in [1.807, 2.05) is 4.90 Å². The second-order valence-electron chi connectivity index (χ2n) is 6.22. The quantitative estimate of drug-likeness (QED) is 0.726. The number of hydrogen-bond donors (Lipinski definition) is 0. The van der Waals surface area contributed by atoms with Crippen LogP contribution in [0.3, 0.4) is 0 Å². The van der Waals surface area contributed by atoms with Crippen LogP contribution < -0.4 is 0 Å². The normalized spacial score (nSPS) is 15.7. The van der Waals surface area contributed by atoms with Gasteiger partial charge in [-0.15, -0.1) is 0 Å². The van der Waals surface area contributed by atoms with Crippen molar-refractivity contribution in [3.05, 3.63) is 34.1 Å². The number of hydrogen-bond acceptors (Lipinski definition) is 1. The Morgan fingerprint density at radius 2 is 2.05 bits per heavy atom. The van der Waals surface area contributed by atoms with Gasteiger partial charge in [0.05, 0.1) is 10.0 Å². The lowest BCUT2D eigenvalue weighted by atomic mass is 10.1. The van der Waals surface area contributed by atoms with Crippen molar-refractivity contribution in [1.29, 1.82) is 0 Å². The minimum atomic E-state index is -0.449. The summed E-state index contributed by atoms with van der Waals surface area (Å²) in [6.07, 6.45) is 5.37. The van der Waals surface area contributed by atoms with Gasteiger partial charge in [0.1, 0.15) is 5.82 Å². The van der Waals surface area contributed by atoms with Crippen LogP contribution in [-0.4, -0.2) is 23.4 Å². The molecule has 0 radical (unpaired) electrons. The fourth-order valence-electron chi connectivity index (χ4n) is 2.89. The van der Waals surface area contributed by atoms with Crippen molar-refractivity contribution in [2.75, 3.05) is 6.54 Å². The first-order valence-electron chi connectivity index (χ1n) is 7.75. The number of rotatable bonds is 5. The Balaban J connectivity index is 2.22. The fraction of sp³-hybridized carbons (Fsp3) is 0.588. The largest absolute Gasteiger partial charge is 0.336 e. The lowest BCUT2D eigenvalue weighted by molar-refractivity contribution is 0.0667. The van der Waals surface area contributed by atoms with E-state index in [2.05, 4.69) is 29.8 Å². The fourth-order valence-corrected chi connectivity index (χ4v) is 3.25. The maximum atomic E-state index is 14.2. The summed E-state index contributed by atoms with van der Waals surface area (Å²) in [5, 5.41) is 0. The van der Waals surface area contributed by atoms with E-state index in [1.54, 1.807) is 18.2 Å². The molecule has 0 heterocycles. The molecular weight excluding hydrogens is 333 g/mol. The SMILES string of the molecule is CC(C)CCN(C(=O)c1cccc(Br)c1F)C1CCCC1. The van der Waals surface area contributed by atoms with Gasteiger partial charge in [0, 0.05) is 12.6 Å². The molecule has 2 nitrogen and oxygen atoms in total. The summed E-state index contributed by atoms with van der Waals surface area (Å²) in [5.41, 5.74) is 0.181. The third kappa shape index (κ3) is 4.06. The predicted octanol–water partition coefficient (Wildman–Crippen LogP) is 5.02. The number of amides is 1. The molecule has 0 aromatic heterocycles. The minimum absolute atomic E-state index is 0.165. The second kappa shape index (κ2) is 7.39. The van der Waals surface area contributed by atoms with Gasteiger partial charge in [0.15, 0.2) is 0 Å². The topological polar surface area (TPSA) is 20.3 Å². The molecular formula is C17H23BrFNO. The monoisotopic (exact) mass is 355 g/mol. The van der Waals surface area contributed by atoms with Crippen molar-refractivity contribution >= 4 is 21.8 Å². The average Bonchev–Trinajstić information content (AvgIpc) is 2.95. The van der Waals surface area contributed by atoms with Crippen molar-refractivity contribution in [1.82, 2.24) is 4.90 Å². The predicted molar refractivity (Wildman–Crippen MR) is 86.8 cm³/mol. The van der Waals surface area contributed by atoms with Gasteiger partial charge in [-0.2, -0.15) is 0 Å². The van der Waals surface area contributed by atoms with E-state index in [1.165, 1.54) is 0 Å². The summed E-state index contributed by atoms with van der Waals surface area (Å²) in [7, 11) is 0. The van der Waals surface area contributed by atoms with Crippen molar-refractivity contribution in [2.45, 2.75) is 52.0 Å². The maximum absolute atomic E-state index is 14.2. The minimum Gasteiger partial charge on any atom is -0.336 e. The van der Waals surface area contributed by atoms with Crippen LogP contribution >= 0.6 is 15.9 Å². The van der Waals surface area contributed by atoms with Gasteiger partial charge in [-0.1, -0.05) is 32.8 Å². The summed E-state index contributed by atoms with van der Waals surface area (Å²) in [5.74, 6) is -0.0783. The van der Waals surface area contributed by atoms with Crippen LogP contribution in [0.4, 0.5) is 4.39 Å². The standard InChI is InChI=1S/C17H23BrFNO/c1-12(2)10-11-20(13-6-3-4-7-13)17(21)14-8-5-9-15(18)16(14)19/h5,8-9,12-13H,3-4,6-7,10-11H2,1-2H3. The molecule has 1 aliphatic rings. The molecule has 0 aliphatic heterocycles. The van der Waals surface area contributed by atoms with Gasteiger partial charge in [0.2, 0.25) is 0 Å². The molecule has 2 rings (SSSR count). The summed E-state index contributed by atoms with van der Waals surface area (Å²) < 4.78 is 14.6. The van der Waals surface area contributed by atoms with Gasteiger partial charge in [0.25, 0.3) is 5.91 Å². The Kier molecular flexibility index (Phi) is 5.80. The highest BCUT2D eigenvalue weighted by Gasteiger charge is 2.29. The van der Waals surface area contributed by atoms with Crippen LogP contribution in [0.2, 0.25) is 0 Å². The highest BCUT2D eigenvalue weighted by molar-refractivity contribution is 9.10. The Labute approximate surface area is 134 Å². The summed E-state index contributed by atoms with van der Waals surface area (Å²) in [4.78, 5) is 14.7. The molecule has 0 bridgehead atoms. The third-order valence-electron chi connectivity index (χ3n) is 4.16. The van der Waals surface area contributed by atoms with E-state index in [4.69, 9.17) is 0 Å². The maximum Gasteiger partial charge on any atom is 0.257 e. The zero-order valence-corrected chi connectivity index (χ0v) is 14.3.